The molecule has 2 aliphatic rings. The minimum Gasteiger partial charge on any atom is -0.481 e. The van der Waals surface area contributed by atoms with Crippen LogP contribution >= 0.6 is 0 Å². The summed E-state index contributed by atoms with van der Waals surface area (Å²) in [4.78, 5) is 24.4. The zero-order chi connectivity index (χ0) is 11.7. The minimum atomic E-state index is -0.800. The van der Waals surface area contributed by atoms with Crippen LogP contribution in [0.3, 0.4) is 0 Å². The Kier molecular flexibility index (Phi) is 3.03. The molecule has 5 nitrogen and oxygen atoms in total. The molecule has 0 bridgehead atoms. The highest BCUT2D eigenvalue weighted by atomic mass is 16.4. The average molecular weight is 226 g/mol. The van der Waals surface area contributed by atoms with Crippen molar-refractivity contribution in [3.63, 3.8) is 0 Å². The van der Waals surface area contributed by atoms with E-state index in [0.717, 1.165) is 12.8 Å². The molecule has 1 heterocycles. The summed E-state index contributed by atoms with van der Waals surface area (Å²) in [7, 11) is 0. The van der Waals surface area contributed by atoms with E-state index in [1.807, 2.05) is 6.92 Å². The Morgan fingerprint density at radius 2 is 2.00 bits per heavy atom. The Morgan fingerprint density at radius 1 is 1.31 bits per heavy atom. The van der Waals surface area contributed by atoms with Gasteiger partial charge in [0.25, 0.3) is 0 Å². The Hall–Kier alpha value is -1.26. The molecular weight excluding hydrogens is 208 g/mol. The fourth-order valence-electron chi connectivity index (χ4n) is 2.37. The number of rotatable bonds is 2. The van der Waals surface area contributed by atoms with E-state index in [4.69, 9.17) is 5.11 Å². The number of amides is 2. The molecule has 90 valence electrons. The second-order valence-electron chi connectivity index (χ2n) is 4.74. The van der Waals surface area contributed by atoms with Crippen molar-refractivity contribution in [1.29, 1.82) is 0 Å². The first-order chi connectivity index (χ1) is 7.59. The molecule has 5 heteroatoms. The van der Waals surface area contributed by atoms with E-state index in [1.54, 1.807) is 4.90 Å². The van der Waals surface area contributed by atoms with Gasteiger partial charge in [0.05, 0.1) is 5.92 Å². The van der Waals surface area contributed by atoms with Crippen LogP contribution in [0.15, 0.2) is 0 Å². The third-order valence-electron chi connectivity index (χ3n) is 3.77. The number of nitrogens with one attached hydrogen (secondary N) is 1. The molecule has 0 aromatic heterocycles. The van der Waals surface area contributed by atoms with Crippen LogP contribution in [0.1, 0.15) is 32.6 Å². The summed E-state index contributed by atoms with van der Waals surface area (Å²) in [5.74, 6) is -1.21. The molecule has 2 rings (SSSR count). The minimum absolute atomic E-state index is 0.0963. The van der Waals surface area contributed by atoms with E-state index in [-0.39, 0.29) is 12.1 Å². The SMILES string of the molecule is CC1C(C(=O)O)CCN1C(=O)NC1CCC1. The lowest BCUT2D eigenvalue weighted by Gasteiger charge is -2.31. The molecule has 0 aromatic rings. The Balaban J connectivity index is 1.89. The van der Waals surface area contributed by atoms with E-state index >= 15 is 0 Å². The number of nitrogens with zero attached hydrogens (tertiary/aromatic N) is 1. The molecule has 1 aliphatic carbocycles. The monoisotopic (exact) mass is 226 g/mol. The van der Waals surface area contributed by atoms with Gasteiger partial charge in [-0.2, -0.15) is 0 Å². The maximum absolute atomic E-state index is 11.8. The van der Waals surface area contributed by atoms with Crippen LogP contribution in [0.2, 0.25) is 0 Å². The fourth-order valence-corrected chi connectivity index (χ4v) is 2.37. The van der Waals surface area contributed by atoms with Gasteiger partial charge in [-0.25, -0.2) is 4.79 Å². The van der Waals surface area contributed by atoms with Crippen molar-refractivity contribution in [2.75, 3.05) is 6.54 Å². The molecule has 2 N–H and O–H groups in total. The summed E-state index contributed by atoms with van der Waals surface area (Å²) < 4.78 is 0. The molecule has 16 heavy (non-hydrogen) atoms. The topological polar surface area (TPSA) is 69.6 Å². The van der Waals surface area contributed by atoms with Crippen molar-refractivity contribution < 1.29 is 14.7 Å². The van der Waals surface area contributed by atoms with E-state index in [1.165, 1.54) is 6.42 Å². The largest absolute Gasteiger partial charge is 0.481 e. The second kappa shape index (κ2) is 4.31. The van der Waals surface area contributed by atoms with Crippen LogP contribution in [-0.2, 0) is 4.79 Å². The molecule has 0 radical (unpaired) electrons. The fraction of sp³-hybridized carbons (Fsp3) is 0.818. The molecule has 0 aromatic carbocycles. The lowest BCUT2D eigenvalue weighted by atomic mass is 9.93. The number of hydrogen-bond acceptors (Lipinski definition) is 2. The molecular formula is C11H18N2O3. The number of hydrogen-bond donors (Lipinski definition) is 2. The maximum Gasteiger partial charge on any atom is 0.317 e. The number of likely N-dealkylation sites (tertiary alicyclic amines) is 1. The van der Waals surface area contributed by atoms with Gasteiger partial charge >= 0.3 is 12.0 Å². The first-order valence-corrected chi connectivity index (χ1v) is 5.89. The second-order valence-corrected chi connectivity index (χ2v) is 4.74. The Bertz CT molecular complexity index is 302. The van der Waals surface area contributed by atoms with E-state index in [9.17, 15) is 9.59 Å². The van der Waals surface area contributed by atoms with Gasteiger partial charge in [0.1, 0.15) is 0 Å². The van der Waals surface area contributed by atoms with Crippen molar-refractivity contribution in [1.82, 2.24) is 10.2 Å². The summed E-state index contributed by atoms with van der Waals surface area (Å²) in [6.45, 7) is 2.36. The number of urea groups is 1. The van der Waals surface area contributed by atoms with Gasteiger partial charge in [0.15, 0.2) is 0 Å². The molecule has 0 spiro atoms. The number of aliphatic carboxylic acids is 1. The molecule has 1 saturated heterocycles. The third kappa shape index (κ3) is 1.99. The van der Waals surface area contributed by atoms with Crippen molar-refractivity contribution >= 4 is 12.0 Å². The predicted molar refractivity (Wildman–Crippen MR) is 58.1 cm³/mol. The first kappa shape index (κ1) is 11.2. The van der Waals surface area contributed by atoms with E-state index in [2.05, 4.69) is 5.32 Å². The lowest BCUT2D eigenvalue weighted by Crippen LogP contribution is -2.49. The van der Waals surface area contributed by atoms with Gasteiger partial charge < -0.3 is 15.3 Å². The molecule has 2 fully saturated rings. The van der Waals surface area contributed by atoms with Gasteiger partial charge in [-0.15, -0.1) is 0 Å². The van der Waals surface area contributed by atoms with Gasteiger partial charge in [0, 0.05) is 18.6 Å². The quantitative estimate of drug-likeness (QED) is 0.739. The van der Waals surface area contributed by atoms with E-state index in [0.29, 0.717) is 19.0 Å². The van der Waals surface area contributed by atoms with Crippen LogP contribution in [0, 0.1) is 5.92 Å². The Morgan fingerprint density at radius 3 is 2.44 bits per heavy atom. The highest BCUT2D eigenvalue weighted by Gasteiger charge is 2.38. The number of carboxylic acid groups (broad SMARTS) is 1. The van der Waals surface area contributed by atoms with Gasteiger partial charge in [-0.3, -0.25) is 4.79 Å². The summed E-state index contributed by atoms with van der Waals surface area (Å²) >= 11 is 0. The molecule has 1 saturated carbocycles. The zero-order valence-corrected chi connectivity index (χ0v) is 9.48. The van der Waals surface area contributed by atoms with Gasteiger partial charge in [-0.05, 0) is 32.6 Å². The smallest absolute Gasteiger partial charge is 0.317 e. The lowest BCUT2D eigenvalue weighted by molar-refractivity contribution is -0.142. The summed E-state index contributed by atoms with van der Waals surface area (Å²) in [6.07, 6.45) is 3.85. The van der Waals surface area contributed by atoms with Crippen LogP contribution in [0.4, 0.5) is 4.79 Å². The van der Waals surface area contributed by atoms with Crippen LogP contribution in [0.25, 0.3) is 0 Å². The van der Waals surface area contributed by atoms with Crippen molar-refractivity contribution in [3.8, 4) is 0 Å². The average Bonchev–Trinajstić information content (AvgIpc) is 2.53. The summed E-state index contributed by atoms with van der Waals surface area (Å²) in [5, 5.41) is 11.9. The number of carbonyl (C=O) groups excluding carboxylic acids is 1. The predicted octanol–water partition coefficient (Wildman–Crippen LogP) is 1.04. The normalized spacial score (nSPS) is 29.9. The molecule has 1 aliphatic heterocycles. The van der Waals surface area contributed by atoms with Crippen LogP contribution < -0.4 is 5.32 Å². The number of carbonyl (C=O) groups is 2. The molecule has 2 atom stereocenters. The highest BCUT2D eigenvalue weighted by Crippen LogP contribution is 2.25. The summed E-state index contributed by atoms with van der Waals surface area (Å²) in [6, 6.07) is 0.0158. The van der Waals surface area contributed by atoms with Crippen molar-refractivity contribution in [3.05, 3.63) is 0 Å². The first-order valence-electron chi connectivity index (χ1n) is 5.89. The van der Waals surface area contributed by atoms with Crippen molar-refractivity contribution in [2.45, 2.75) is 44.7 Å². The molecule has 2 unspecified atom stereocenters. The third-order valence-corrected chi connectivity index (χ3v) is 3.77. The standard InChI is InChI=1S/C11H18N2O3/c1-7-9(10(14)15)5-6-13(7)11(16)12-8-3-2-4-8/h7-9H,2-6H2,1H3,(H,12,16)(H,14,15). The van der Waals surface area contributed by atoms with Crippen LogP contribution in [0.5, 0.6) is 0 Å². The van der Waals surface area contributed by atoms with Crippen molar-refractivity contribution in [2.24, 2.45) is 5.92 Å². The van der Waals surface area contributed by atoms with Gasteiger partial charge in [0.2, 0.25) is 0 Å². The number of carboxylic acids is 1. The zero-order valence-electron chi connectivity index (χ0n) is 9.48. The summed E-state index contributed by atoms with van der Waals surface area (Å²) in [5.41, 5.74) is 0. The maximum atomic E-state index is 11.8. The molecule has 2 amide bonds. The van der Waals surface area contributed by atoms with Crippen LogP contribution in [-0.4, -0.2) is 40.6 Å². The van der Waals surface area contributed by atoms with Gasteiger partial charge in [-0.1, -0.05) is 0 Å². The van der Waals surface area contributed by atoms with E-state index < -0.39 is 11.9 Å². The highest BCUT2D eigenvalue weighted by molar-refractivity contribution is 5.78. The Labute approximate surface area is 94.8 Å².